The van der Waals surface area contributed by atoms with Gasteiger partial charge in [-0.05, 0) is 63.5 Å². The molecule has 0 spiro atoms. The molecular weight excluding hydrogens is 445 g/mol. The Bertz CT molecular complexity index is 1350. The fraction of sp³-hybridized carbons (Fsp3) is 0.296. The van der Waals surface area contributed by atoms with Gasteiger partial charge in [0.25, 0.3) is 5.91 Å². The zero-order chi connectivity index (χ0) is 25.3. The van der Waals surface area contributed by atoms with Crippen LogP contribution in [0, 0.1) is 6.92 Å². The van der Waals surface area contributed by atoms with E-state index in [1.807, 2.05) is 19.1 Å². The van der Waals surface area contributed by atoms with Gasteiger partial charge in [-0.2, -0.15) is 5.10 Å². The van der Waals surface area contributed by atoms with Gasteiger partial charge >= 0.3 is 0 Å². The number of halogens is 1. The summed E-state index contributed by atoms with van der Waals surface area (Å²) >= 11 is 0. The number of amides is 1. The van der Waals surface area contributed by atoms with Crippen LogP contribution in [0.4, 0.5) is 10.1 Å². The lowest BCUT2D eigenvalue weighted by molar-refractivity contribution is 0.0940. The molecule has 2 aromatic heterocycles. The smallest absolute Gasteiger partial charge is 0.251 e. The van der Waals surface area contributed by atoms with Crippen molar-refractivity contribution in [3.63, 3.8) is 0 Å². The molecule has 1 fully saturated rings. The first-order valence-corrected chi connectivity index (χ1v) is 11.5. The topological polar surface area (TPSA) is 91.5 Å². The Morgan fingerprint density at radius 2 is 2.03 bits per heavy atom. The minimum absolute atomic E-state index is 0.0751. The van der Waals surface area contributed by atoms with Crippen LogP contribution in [0.25, 0.3) is 22.5 Å². The quantitative estimate of drug-likeness (QED) is 0.386. The number of nitrogens with zero attached hydrogens (tertiary/aromatic N) is 3. The fourth-order valence-electron chi connectivity index (χ4n) is 3.74. The second-order valence-corrected chi connectivity index (χ2v) is 9.44. The molecule has 182 valence electrons. The van der Waals surface area contributed by atoms with Crippen LogP contribution in [0.1, 0.15) is 48.3 Å². The van der Waals surface area contributed by atoms with Crippen molar-refractivity contribution in [2.24, 2.45) is 0 Å². The van der Waals surface area contributed by atoms with Gasteiger partial charge in [0, 0.05) is 29.3 Å². The summed E-state index contributed by atoms with van der Waals surface area (Å²) in [5.41, 5.74) is 3.58. The van der Waals surface area contributed by atoms with E-state index < -0.39 is 11.4 Å². The first-order chi connectivity index (χ1) is 16.6. The van der Waals surface area contributed by atoms with E-state index in [2.05, 4.69) is 33.9 Å². The fourth-order valence-corrected chi connectivity index (χ4v) is 3.74. The highest BCUT2D eigenvalue weighted by Crippen LogP contribution is 2.30. The molecule has 0 atom stereocenters. The number of carbonyl (C=O) groups is 1. The summed E-state index contributed by atoms with van der Waals surface area (Å²) in [4.78, 5) is 17.1. The summed E-state index contributed by atoms with van der Waals surface area (Å²) in [5, 5.41) is 21.1. The molecule has 1 saturated carbocycles. The number of nitrogens with one attached hydrogen (secondary N) is 2. The van der Waals surface area contributed by atoms with Crippen molar-refractivity contribution in [3.8, 4) is 11.3 Å². The van der Waals surface area contributed by atoms with Gasteiger partial charge in [-0.15, -0.1) is 0 Å². The zero-order valence-corrected chi connectivity index (χ0v) is 20.2. The van der Waals surface area contributed by atoms with E-state index in [1.165, 1.54) is 6.08 Å². The van der Waals surface area contributed by atoms with E-state index in [0.29, 0.717) is 28.3 Å². The van der Waals surface area contributed by atoms with Gasteiger partial charge in [0.2, 0.25) is 0 Å². The SMILES string of the molecule is C=CC(F)=C(C=C)c1cc(NCC(C)(C)O)c2ncc(-c3ccc(C(=O)NC4CC4)c(C)c3)n2n1. The first kappa shape index (κ1) is 24.3. The Morgan fingerprint density at radius 1 is 1.29 bits per heavy atom. The van der Waals surface area contributed by atoms with Crippen LogP contribution in [0.15, 0.2) is 61.6 Å². The number of allylic oxidation sites excluding steroid dienone is 4. The van der Waals surface area contributed by atoms with Crippen LogP contribution < -0.4 is 10.6 Å². The number of carbonyl (C=O) groups excluding carboxylic acids is 1. The standard InChI is InChI=1S/C27H30FN5O2/c1-6-19(21(28)7-2)22-13-23(30-15-27(4,5)35)25-29-14-24(33(25)32-22)17-8-11-20(16(3)12-17)26(34)31-18-9-10-18/h6-8,11-14,18,30,35H,1-2,9-10,15H2,3-5H3,(H,31,34). The Kier molecular flexibility index (Phi) is 6.58. The molecule has 3 N–H and O–H groups in total. The molecule has 2 heterocycles. The lowest BCUT2D eigenvalue weighted by Crippen LogP contribution is -2.29. The Balaban J connectivity index is 1.82. The molecule has 0 radical (unpaired) electrons. The van der Waals surface area contributed by atoms with Crippen LogP contribution in [0.5, 0.6) is 0 Å². The van der Waals surface area contributed by atoms with Crippen molar-refractivity contribution < 1.29 is 14.3 Å². The van der Waals surface area contributed by atoms with Crippen LogP contribution in [0.2, 0.25) is 0 Å². The number of hydrogen-bond donors (Lipinski definition) is 3. The lowest BCUT2D eigenvalue weighted by atomic mass is 10.0. The number of aliphatic hydroxyl groups is 1. The molecule has 4 rings (SSSR count). The highest BCUT2D eigenvalue weighted by molar-refractivity contribution is 5.96. The number of aryl methyl sites for hydroxylation is 1. The van der Waals surface area contributed by atoms with Crippen molar-refractivity contribution in [1.29, 1.82) is 0 Å². The maximum absolute atomic E-state index is 14.5. The number of anilines is 1. The summed E-state index contributed by atoms with van der Waals surface area (Å²) in [6.45, 7) is 12.7. The lowest BCUT2D eigenvalue weighted by Gasteiger charge is -2.19. The van der Waals surface area contributed by atoms with E-state index >= 15 is 0 Å². The molecule has 1 amide bonds. The number of rotatable bonds is 9. The summed E-state index contributed by atoms with van der Waals surface area (Å²) in [5.74, 6) is -0.627. The molecule has 8 heteroatoms. The van der Waals surface area contributed by atoms with Gasteiger partial charge in [-0.25, -0.2) is 13.9 Å². The molecule has 1 aliphatic rings. The van der Waals surface area contributed by atoms with Crippen molar-refractivity contribution in [3.05, 3.63) is 78.4 Å². The highest BCUT2D eigenvalue weighted by Gasteiger charge is 2.25. The normalized spacial score (nSPS) is 14.4. The van der Waals surface area contributed by atoms with Gasteiger partial charge in [0.05, 0.1) is 28.9 Å². The summed E-state index contributed by atoms with van der Waals surface area (Å²) in [6, 6.07) is 7.52. The van der Waals surface area contributed by atoms with Crippen LogP contribution in [-0.4, -0.2) is 43.8 Å². The van der Waals surface area contributed by atoms with Crippen LogP contribution in [0.3, 0.4) is 0 Å². The maximum Gasteiger partial charge on any atom is 0.251 e. The highest BCUT2D eigenvalue weighted by atomic mass is 19.1. The third-order valence-electron chi connectivity index (χ3n) is 5.78. The number of imidazole rings is 1. The number of hydrogen-bond acceptors (Lipinski definition) is 5. The molecule has 7 nitrogen and oxygen atoms in total. The average molecular weight is 476 g/mol. The van der Waals surface area contributed by atoms with Gasteiger partial charge < -0.3 is 15.7 Å². The third-order valence-corrected chi connectivity index (χ3v) is 5.78. The van der Waals surface area contributed by atoms with Crippen molar-refractivity contribution >= 4 is 22.8 Å². The Labute approximate surface area is 204 Å². The van der Waals surface area contributed by atoms with E-state index in [1.54, 1.807) is 36.7 Å². The minimum atomic E-state index is -0.979. The van der Waals surface area contributed by atoms with Gasteiger partial charge in [-0.1, -0.05) is 25.3 Å². The van der Waals surface area contributed by atoms with Crippen molar-refractivity contribution in [2.45, 2.75) is 45.3 Å². The van der Waals surface area contributed by atoms with E-state index in [4.69, 9.17) is 0 Å². The first-order valence-electron chi connectivity index (χ1n) is 11.5. The third kappa shape index (κ3) is 5.33. The van der Waals surface area contributed by atoms with Crippen molar-refractivity contribution in [1.82, 2.24) is 19.9 Å². The van der Waals surface area contributed by atoms with E-state index in [9.17, 15) is 14.3 Å². The summed E-state index contributed by atoms with van der Waals surface area (Å²) in [6.07, 6.45) is 6.23. The summed E-state index contributed by atoms with van der Waals surface area (Å²) in [7, 11) is 0. The number of fused-ring (bicyclic) bond motifs is 1. The Hall–Kier alpha value is -3.78. The van der Waals surface area contributed by atoms with E-state index in [-0.39, 0.29) is 24.1 Å². The predicted octanol–water partition coefficient (Wildman–Crippen LogP) is 4.83. The minimum Gasteiger partial charge on any atom is -0.389 e. The molecule has 0 saturated heterocycles. The molecule has 0 bridgehead atoms. The molecule has 3 aromatic rings. The second kappa shape index (κ2) is 9.46. The second-order valence-electron chi connectivity index (χ2n) is 9.44. The Morgan fingerprint density at radius 3 is 2.63 bits per heavy atom. The molecule has 35 heavy (non-hydrogen) atoms. The number of aromatic nitrogens is 3. The maximum atomic E-state index is 14.5. The van der Waals surface area contributed by atoms with Gasteiger partial charge in [0.1, 0.15) is 5.83 Å². The molecule has 0 unspecified atom stereocenters. The van der Waals surface area contributed by atoms with E-state index in [0.717, 1.165) is 30.0 Å². The summed E-state index contributed by atoms with van der Waals surface area (Å²) < 4.78 is 16.2. The molecule has 0 aliphatic heterocycles. The molecule has 1 aliphatic carbocycles. The molecule has 1 aromatic carbocycles. The van der Waals surface area contributed by atoms with Crippen molar-refractivity contribution in [2.75, 3.05) is 11.9 Å². The predicted molar refractivity (Wildman–Crippen MR) is 137 cm³/mol. The van der Waals surface area contributed by atoms with Crippen LogP contribution in [-0.2, 0) is 0 Å². The van der Waals surface area contributed by atoms with Gasteiger partial charge in [0.15, 0.2) is 5.65 Å². The largest absolute Gasteiger partial charge is 0.389 e. The average Bonchev–Trinajstić information content (AvgIpc) is 3.52. The zero-order valence-electron chi connectivity index (χ0n) is 20.2. The van der Waals surface area contributed by atoms with Gasteiger partial charge in [-0.3, -0.25) is 4.79 Å². The monoisotopic (exact) mass is 475 g/mol. The number of benzene rings is 1. The van der Waals surface area contributed by atoms with Crippen LogP contribution >= 0.6 is 0 Å². The molecular formula is C27H30FN5O2.